The van der Waals surface area contributed by atoms with Gasteiger partial charge in [-0.15, -0.1) is 5.10 Å². The number of nitro groups is 1. The Bertz CT molecular complexity index is 1350. The molecule has 1 amide bonds. The van der Waals surface area contributed by atoms with E-state index in [1.54, 1.807) is 6.07 Å². The summed E-state index contributed by atoms with van der Waals surface area (Å²) in [4.78, 5) is 25.1. The number of amides is 1. The lowest BCUT2D eigenvalue weighted by Crippen LogP contribution is -2.24. The highest BCUT2D eigenvalue weighted by Crippen LogP contribution is 2.20. The molecule has 14 nitrogen and oxygen atoms in total. The van der Waals surface area contributed by atoms with Crippen molar-refractivity contribution < 1.29 is 14.3 Å². The quantitative estimate of drug-likeness (QED) is 0.221. The first kappa shape index (κ1) is 22.1. The van der Waals surface area contributed by atoms with Crippen molar-refractivity contribution in [2.24, 2.45) is 5.10 Å². The van der Waals surface area contributed by atoms with Crippen molar-refractivity contribution in [1.29, 1.82) is 0 Å². The van der Waals surface area contributed by atoms with E-state index in [0.29, 0.717) is 11.3 Å². The van der Waals surface area contributed by atoms with Crippen LogP contribution in [-0.2, 0) is 6.54 Å². The highest BCUT2D eigenvalue weighted by molar-refractivity contribution is 5.94. The Morgan fingerprint density at radius 3 is 2.76 bits per heavy atom. The van der Waals surface area contributed by atoms with E-state index in [0.717, 1.165) is 5.69 Å². The fourth-order valence-electron chi connectivity index (χ4n) is 3.06. The third kappa shape index (κ3) is 4.69. The molecule has 3 N–H and O–H groups in total. The van der Waals surface area contributed by atoms with E-state index in [4.69, 9.17) is 5.73 Å². The van der Waals surface area contributed by atoms with Gasteiger partial charge in [0.1, 0.15) is 0 Å². The van der Waals surface area contributed by atoms with Crippen molar-refractivity contribution in [1.82, 2.24) is 30.7 Å². The number of para-hydroxylation sites is 1. The predicted molar refractivity (Wildman–Crippen MR) is 120 cm³/mol. The van der Waals surface area contributed by atoms with Crippen LogP contribution in [0.15, 0.2) is 64.3 Å². The lowest BCUT2D eigenvalue weighted by atomic mass is 10.2. The molecule has 0 unspecified atom stereocenters. The van der Waals surface area contributed by atoms with E-state index in [-0.39, 0.29) is 29.6 Å². The zero-order valence-corrected chi connectivity index (χ0v) is 17.8. The largest absolute Gasteiger partial charge is 0.378 e. The SMILES string of the molecule is CN(Cc1c(C(=O)N/N=C\c2cccc([N+](=O)[O-])c2)nnn1-c1nonc1N)c1ccccc1. The van der Waals surface area contributed by atoms with E-state index in [2.05, 4.69) is 35.8 Å². The Kier molecular flexibility index (Phi) is 6.20. The molecule has 0 saturated carbocycles. The maximum Gasteiger partial charge on any atom is 0.293 e. The summed E-state index contributed by atoms with van der Waals surface area (Å²) in [6, 6.07) is 15.3. The van der Waals surface area contributed by atoms with Crippen LogP contribution in [0, 0.1) is 10.1 Å². The van der Waals surface area contributed by atoms with Crippen LogP contribution in [0.5, 0.6) is 0 Å². The van der Waals surface area contributed by atoms with Gasteiger partial charge in [0.2, 0.25) is 11.6 Å². The van der Waals surface area contributed by atoms with Crippen molar-refractivity contribution in [3.63, 3.8) is 0 Å². The lowest BCUT2D eigenvalue weighted by molar-refractivity contribution is -0.384. The van der Waals surface area contributed by atoms with Crippen LogP contribution in [0.25, 0.3) is 5.82 Å². The number of nitrogen functional groups attached to an aromatic ring is 1. The number of hydrogen-bond acceptors (Lipinski definition) is 11. The minimum Gasteiger partial charge on any atom is -0.378 e. The summed E-state index contributed by atoms with van der Waals surface area (Å²) in [5.74, 6) is -0.591. The van der Waals surface area contributed by atoms with Crippen molar-refractivity contribution in [3.8, 4) is 5.82 Å². The summed E-state index contributed by atoms with van der Waals surface area (Å²) in [5, 5.41) is 30.0. The number of nitrogens with one attached hydrogen (secondary N) is 1. The molecule has 2 aromatic carbocycles. The number of hydrogen-bond donors (Lipinski definition) is 2. The molecule has 0 aliphatic carbocycles. The number of rotatable bonds is 8. The van der Waals surface area contributed by atoms with Gasteiger partial charge in [0.05, 0.1) is 23.4 Å². The fourth-order valence-corrected chi connectivity index (χ4v) is 3.06. The third-order valence-corrected chi connectivity index (χ3v) is 4.72. The van der Waals surface area contributed by atoms with Gasteiger partial charge in [-0.05, 0) is 22.4 Å². The molecular weight excluding hydrogens is 444 g/mol. The number of carbonyl (C=O) groups excluding carboxylic acids is 1. The highest BCUT2D eigenvalue weighted by Gasteiger charge is 2.25. The molecule has 0 aliphatic heterocycles. The van der Waals surface area contributed by atoms with Gasteiger partial charge in [-0.1, -0.05) is 35.5 Å². The minimum absolute atomic E-state index is 0.0239. The number of anilines is 2. The minimum atomic E-state index is -0.653. The molecule has 0 radical (unpaired) electrons. The Balaban J connectivity index is 1.60. The Morgan fingerprint density at radius 2 is 2.06 bits per heavy atom. The van der Waals surface area contributed by atoms with Gasteiger partial charge in [0.15, 0.2) is 5.69 Å². The number of non-ortho nitro benzene ring substituents is 1. The molecule has 34 heavy (non-hydrogen) atoms. The van der Waals surface area contributed by atoms with Crippen molar-refractivity contribution in [2.45, 2.75) is 6.54 Å². The van der Waals surface area contributed by atoms with Crippen molar-refractivity contribution in [2.75, 3.05) is 17.7 Å². The number of hydrazone groups is 1. The fraction of sp³-hybridized carbons (Fsp3) is 0.100. The van der Waals surface area contributed by atoms with Crippen LogP contribution in [-0.4, -0.2) is 49.4 Å². The van der Waals surface area contributed by atoms with E-state index in [1.807, 2.05) is 42.3 Å². The number of aromatic nitrogens is 5. The topological polar surface area (TPSA) is 183 Å². The zero-order chi connectivity index (χ0) is 24.1. The van der Waals surface area contributed by atoms with E-state index in [9.17, 15) is 14.9 Å². The second-order valence-electron chi connectivity index (χ2n) is 7.01. The second kappa shape index (κ2) is 9.56. The zero-order valence-electron chi connectivity index (χ0n) is 17.8. The molecular formula is C20H18N10O4. The molecule has 14 heteroatoms. The van der Waals surface area contributed by atoms with Gasteiger partial charge in [-0.2, -0.15) is 9.78 Å². The second-order valence-corrected chi connectivity index (χ2v) is 7.01. The number of carbonyl (C=O) groups is 1. The summed E-state index contributed by atoms with van der Waals surface area (Å²) < 4.78 is 5.92. The Morgan fingerprint density at radius 1 is 1.26 bits per heavy atom. The lowest BCUT2D eigenvalue weighted by Gasteiger charge is -2.19. The molecule has 0 aliphatic rings. The van der Waals surface area contributed by atoms with E-state index < -0.39 is 10.8 Å². The van der Waals surface area contributed by atoms with Gasteiger partial charge in [-0.3, -0.25) is 14.9 Å². The molecule has 0 fully saturated rings. The number of nitro benzene ring substituents is 1. The van der Waals surface area contributed by atoms with E-state index in [1.165, 1.54) is 29.1 Å². The van der Waals surface area contributed by atoms with Crippen molar-refractivity contribution >= 4 is 29.3 Å². The maximum absolute atomic E-state index is 12.9. The molecule has 4 aromatic rings. The summed E-state index contributed by atoms with van der Waals surface area (Å²) >= 11 is 0. The number of nitrogens with zero attached hydrogens (tertiary/aromatic N) is 8. The molecule has 0 atom stereocenters. The molecule has 2 heterocycles. The first-order valence-corrected chi connectivity index (χ1v) is 9.81. The van der Waals surface area contributed by atoms with E-state index >= 15 is 0 Å². The smallest absolute Gasteiger partial charge is 0.293 e. The van der Waals surface area contributed by atoms with Crippen LogP contribution in [0.2, 0.25) is 0 Å². The van der Waals surface area contributed by atoms with Gasteiger partial charge in [-0.25, -0.2) is 10.1 Å². The molecule has 0 bridgehead atoms. The summed E-state index contributed by atoms with van der Waals surface area (Å²) in [5.41, 5.74) is 9.72. The average Bonchev–Trinajstić information content (AvgIpc) is 3.45. The summed E-state index contributed by atoms with van der Waals surface area (Å²) in [6.45, 7) is 0.209. The Labute approximate surface area is 191 Å². The number of benzene rings is 2. The molecule has 4 rings (SSSR count). The highest BCUT2D eigenvalue weighted by atomic mass is 16.6. The summed E-state index contributed by atoms with van der Waals surface area (Å²) in [6.07, 6.45) is 1.28. The van der Waals surface area contributed by atoms with Gasteiger partial charge in [0.25, 0.3) is 11.6 Å². The maximum atomic E-state index is 12.9. The third-order valence-electron chi connectivity index (χ3n) is 4.72. The molecule has 0 saturated heterocycles. The Hall–Kier alpha value is -5.14. The first-order valence-electron chi connectivity index (χ1n) is 9.81. The summed E-state index contributed by atoms with van der Waals surface area (Å²) in [7, 11) is 1.83. The van der Waals surface area contributed by atoms with Crippen LogP contribution in [0.1, 0.15) is 21.7 Å². The van der Waals surface area contributed by atoms with Crippen LogP contribution >= 0.6 is 0 Å². The van der Waals surface area contributed by atoms with Gasteiger partial charge >= 0.3 is 0 Å². The van der Waals surface area contributed by atoms with Crippen molar-refractivity contribution in [3.05, 3.63) is 81.7 Å². The normalized spacial score (nSPS) is 11.0. The van der Waals surface area contributed by atoms with Gasteiger partial charge < -0.3 is 10.6 Å². The van der Waals surface area contributed by atoms with Crippen LogP contribution in [0.4, 0.5) is 17.2 Å². The monoisotopic (exact) mass is 462 g/mol. The molecule has 2 aromatic heterocycles. The van der Waals surface area contributed by atoms with Crippen LogP contribution in [0.3, 0.4) is 0 Å². The van der Waals surface area contributed by atoms with Crippen LogP contribution < -0.4 is 16.1 Å². The first-order chi connectivity index (χ1) is 16.4. The van der Waals surface area contributed by atoms with Gasteiger partial charge in [0, 0.05) is 30.4 Å². The average molecular weight is 462 g/mol. The predicted octanol–water partition coefficient (Wildman–Crippen LogP) is 1.54. The molecule has 0 spiro atoms. The standard InChI is InChI=1S/C20H18N10O4/c1-28(14-7-3-2-4-8-14)12-16-17(23-27-29(16)19-18(21)25-34-26-19)20(31)24-22-11-13-6-5-9-15(10-13)30(32)33/h2-11H,12H2,1H3,(H2,21,25)(H,24,31)/b22-11-. The molecule has 172 valence electrons. The number of nitrogens with two attached hydrogens (primary N) is 1.